The van der Waals surface area contributed by atoms with Gasteiger partial charge in [0, 0.05) is 16.3 Å². The second-order valence-corrected chi connectivity index (χ2v) is 5.76. The fourth-order valence-electron chi connectivity index (χ4n) is 2.36. The van der Waals surface area contributed by atoms with Crippen LogP contribution in [0.25, 0.3) is 22.3 Å². The molecule has 0 fully saturated rings. The zero-order valence-electron chi connectivity index (χ0n) is 11.4. The maximum atomic E-state index is 10.8. The third-order valence-electron chi connectivity index (χ3n) is 3.28. The lowest BCUT2D eigenvalue weighted by Gasteiger charge is -1.99. The number of hydrogen-bond donors (Lipinski definition) is 1. The molecule has 0 bridgehead atoms. The second-order valence-electron chi connectivity index (χ2n) is 4.84. The number of aryl methyl sites for hydroxylation is 2. The van der Waals surface area contributed by atoms with Gasteiger partial charge in [0.15, 0.2) is 0 Å². The van der Waals surface area contributed by atoms with Crippen LogP contribution in [0.4, 0.5) is 0 Å². The van der Waals surface area contributed by atoms with Crippen LogP contribution < -0.4 is 0 Å². The first kappa shape index (κ1) is 13.9. The van der Waals surface area contributed by atoms with Crippen molar-refractivity contribution in [2.75, 3.05) is 0 Å². The Labute approximate surface area is 129 Å². The van der Waals surface area contributed by atoms with E-state index in [1.54, 1.807) is 0 Å². The molecule has 0 unspecified atom stereocenters. The molecule has 2 heterocycles. The lowest BCUT2D eigenvalue weighted by Crippen LogP contribution is -1.97. The van der Waals surface area contributed by atoms with Gasteiger partial charge in [0.2, 0.25) is 0 Å². The molecule has 21 heavy (non-hydrogen) atoms. The largest absolute Gasteiger partial charge is 0.481 e. The summed E-state index contributed by atoms with van der Waals surface area (Å²) in [7, 11) is 0. The highest BCUT2D eigenvalue weighted by molar-refractivity contribution is 9.10. The molecule has 1 aromatic carbocycles. The SMILES string of the molecule is Cc1ccc(-c2c(CCC(=O)O)oc3ccc(Br)cc23)o1. The summed E-state index contributed by atoms with van der Waals surface area (Å²) in [5.41, 5.74) is 1.56. The first-order valence-corrected chi connectivity index (χ1v) is 7.33. The van der Waals surface area contributed by atoms with Crippen molar-refractivity contribution >= 4 is 32.9 Å². The van der Waals surface area contributed by atoms with E-state index in [9.17, 15) is 4.79 Å². The molecule has 1 N–H and O–H groups in total. The van der Waals surface area contributed by atoms with Crippen molar-refractivity contribution in [3.63, 3.8) is 0 Å². The topological polar surface area (TPSA) is 63.6 Å². The van der Waals surface area contributed by atoms with Crippen molar-refractivity contribution in [1.82, 2.24) is 0 Å². The van der Waals surface area contributed by atoms with Crippen LogP contribution in [0.5, 0.6) is 0 Å². The molecule has 0 radical (unpaired) electrons. The summed E-state index contributed by atoms with van der Waals surface area (Å²) in [4.78, 5) is 10.8. The van der Waals surface area contributed by atoms with E-state index in [0.29, 0.717) is 17.9 Å². The maximum Gasteiger partial charge on any atom is 0.303 e. The molecule has 0 aliphatic rings. The van der Waals surface area contributed by atoms with Gasteiger partial charge < -0.3 is 13.9 Å². The predicted molar refractivity (Wildman–Crippen MR) is 82.3 cm³/mol. The summed E-state index contributed by atoms with van der Waals surface area (Å²) in [6.45, 7) is 1.87. The fourth-order valence-corrected chi connectivity index (χ4v) is 2.72. The van der Waals surface area contributed by atoms with Crippen molar-refractivity contribution in [2.45, 2.75) is 19.8 Å². The smallest absolute Gasteiger partial charge is 0.303 e. The van der Waals surface area contributed by atoms with Crippen LogP contribution in [-0.2, 0) is 11.2 Å². The number of fused-ring (bicyclic) bond motifs is 1. The van der Waals surface area contributed by atoms with Crippen LogP contribution in [0, 0.1) is 6.92 Å². The number of rotatable bonds is 4. The summed E-state index contributed by atoms with van der Waals surface area (Å²) in [5, 5.41) is 9.80. The summed E-state index contributed by atoms with van der Waals surface area (Å²) in [6.07, 6.45) is 0.352. The highest BCUT2D eigenvalue weighted by Crippen LogP contribution is 2.37. The van der Waals surface area contributed by atoms with Gasteiger partial charge >= 0.3 is 5.97 Å². The summed E-state index contributed by atoms with van der Waals surface area (Å²) < 4.78 is 12.5. The van der Waals surface area contributed by atoms with E-state index >= 15 is 0 Å². The number of carboxylic acid groups (broad SMARTS) is 1. The van der Waals surface area contributed by atoms with Crippen LogP contribution in [0.2, 0.25) is 0 Å². The van der Waals surface area contributed by atoms with Gasteiger partial charge in [-0.25, -0.2) is 0 Å². The molecule has 2 aromatic heterocycles. The van der Waals surface area contributed by atoms with Gasteiger partial charge in [-0.2, -0.15) is 0 Å². The lowest BCUT2D eigenvalue weighted by molar-refractivity contribution is -0.137. The van der Waals surface area contributed by atoms with E-state index in [4.69, 9.17) is 13.9 Å². The summed E-state index contributed by atoms with van der Waals surface area (Å²) >= 11 is 3.45. The molecule has 0 saturated heterocycles. The molecule has 0 amide bonds. The number of benzene rings is 1. The number of carboxylic acids is 1. The third kappa shape index (κ3) is 2.74. The van der Waals surface area contributed by atoms with E-state index in [2.05, 4.69) is 15.9 Å². The van der Waals surface area contributed by atoms with Crippen molar-refractivity contribution in [2.24, 2.45) is 0 Å². The summed E-state index contributed by atoms with van der Waals surface area (Å²) in [5.74, 6) is 1.29. The molecule has 3 aromatic rings. The Kier molecular flexibility index (Phi) is 3.59. The first-order valence-electron chi connectivity index (χ1n) is 6.54. The highest BCUT2D eigenvalue weighted by atomic mass is 79.9. The molecule has 5 heteroatoms. The third-order valence-corrected chi connectivity index (χ3v) is 3.77. The molecule has 3 rings (SSSR count). The average Bonchev–Trinajstić information content (AvgIpc) is 2.99. The molecule has 0 saturated carbocycles. The molecule has 0 spiro atoms. The normalized spacial score (nSPS) is 11.1. The van der Waals surface area contributed by atoms with Gasteiger partial charge in [0.25, 0.3) is 0 Å². The van der Waals surface area contributed by atoms with E-state index in [0.717, 1.165) is 26.8 Å². The Morgan fingerprint density at radius 1 is 1.24 bits per heavy atom. The van der Waals surface area contributed by atoms with Crippen LogP contribution in [0.15, 0.2) is 43.6 Å². The van der Waals surface area contributed by atoms with Crippen LogP contribution in [-0.4, -0.2) is 11.1 Å². The quantitative estimate of drug-likeness (QED) is 0.736. The average molecular weight is 349 g/mol. The number of carbonyl (C=O) groups is 1. The Morgan fingerprint density at radius 2 is 2.05 bits per heavy atom. The number of halogens is 1. The van der Waals surface area contributed by atoms with Gasteiger partial charge in [-0.15, -0.1) is 0 Å². The van der Waals surface area contributed by atoms with E-state index in [1.807, 2.05) is 37.3 Å². The Balaban J connectivity index is 2.18. The molecular weight excluding hydrogens is 336 g/mol. The van der Waals surface area contributed by atoms with Crippen molar-refractivity contribution < 1.29 is 18.7 Å². The van der Waals surface area contributed by atoms with Gasteiger partial charge in [0.1, 0.15) is 22.9 Å². The number of furan rings is 2. The van der Waals surface area contributed by atoms with E-state index in [1.165, 1.54) is 0 Å². The van der Waals surface area contributed by atoms with E-state index < -0.39 is 5.97 Å². The minimum absolute atomic E-state index is 0.0215. The standard InChI is InChI=1S/C16H13BrO4/c1-9-2-4-13(20-9)16-11-8-10(17)3-5-12(11)21-14(16)6-7-15(18)19/h2-5,8H,6-7H2,1H3,(H,18,19). The van der Waals surface area contributed by atoms with Crippen molar-refractivity contribution in [3.8, 4) is 11.3 Å². The van der Waals surface area contributed by atoms with Crippen LogP contribution in [0.3, 0.4) is 0 Å². The van der Waals surface area contributed by atoms with Gasteiger partial charge in [-0.1, -0.05) is 15.9 Å². The van der Waals surface area contributed by atoms with Crippen molar-refractivity contribution in [3.05, 3.63) is 46.3 Å². The zero-order valence-corrected chi connectivity index (χ0v) is 12.9. The number of aliphatic carboxylic acids is 1. The van der Waals surface area contributed by atoms with Gasteiger partial charge in [-0.3, -0.25) is 4.79 Å². The van der Waals surface area contributed by atoms with Crippen molar-refractivity contribution in [1.29, 1.82) is 0 Å². The Hall–Kier alpha value is -2.01. The minimum Gasteiger partial charge on any atom is -0.481 e. The molecule has 0 aliphatic carbocycles. The van der Waals surface area contributed by atoms with Gasteiger partial charge in [0.05, 0.1) is 12.0 Å². The Bertz CT molecular complexity index is 813. The first-order chi connectivity index (χ1) is 10.0. The summed E-state index contributed by atoms with van der Waals surface area (Å²) in [6, 6.07) is 9.47. The predicted octanol–water partition coefficient (Wildman–Crippen LogP) is 4.78. The maximum absolute atomic E-state index is 10.8. The second kappa shape index (κ2) is 5.41. The molecule has 0 aliphatic heterocycles. The monoisotopic (exact) mass is 348 g/mol. The zero-order chi connectivity index (χ0) is 15.0. The molecular formula is C16H13BrO4. The highest BCUT2D eigenvalue weighted by Gasteiger charge is 2.19. The Morgan fingerprint density at radius 3 is 2.71 bits per heavy atom. The van der Waals surface area contributed by atoms with Crippen LogP contribution in [0.1, 0.15) is 17.9 Å². The minimum atomic E-state index is -0.849. The van der Waals surface area contributed by atoms with E-state index in [-0.39, 0.29) is 6.42 Å². The lowest BCUT2D eigenvalue weighted by atomic mass is 10.1. The van der Waals surface area contributed by atoms with Gasteiger partial charge in [-0.05, 0) is 37.3 Å². The molecule has 4 nitrogen and oxygen atoms in total. The van der Waals surface area contributed by atoms with Crippen LogP contribution >= 0.6 is 15.9 Å². The fraction of sp³-hybridized carbons (Fsp3) is 0.188. The molecule has 108 valence electrons. The number of hydrogen-bond acceptors (Lipinski definition) is 3. The molecule has 0 atom stereocenters.